The predicted molar refractivity (Wildman–Crippen MR) is 58.5 cm³/mol. The molecule has 1 rings (SSSR count). The molecule has 0 radical (unpaired) electrons. The minimum atomic E-state index is -0.324. The Hall–Kier alpha value is -0.750. The third-order valence-electron chi connectivity index (χ3n) is 2.48. The minimum Gasteiger partial charge on any atom is -0.384 e. The van der Waals surface area contributed by atoms with Crippen molar-refractivity contribution < 1.29 is 4.74 Å². The third kappa shape index (κ3) is 1.85. The molecular formula is C8H16N4OS. The average Bonchev–Trinajstić information content (AvgIpc) is 2.51. The molecule has 2 atom stereocenters. The van der Waals surface area contributed by atoms with Gasteiger partial charge in [-0.25, -0.2) is 0 Å². The van der Waals surface area contributed by atoms with Crippen LogP contribution in [0, 0.1) is 0 Å². The first-order valence-electron chi connectivity index (χ1n) is 4.36. The van der Waals surface area contributed by atoms with Crippen LogP contribution in [0.4, 0.5) is 5.82 Å². The summed E-state index contributed by atoms with van der Waals surface area (Å²) in [5.74, 6) is 0.408. The maximum atomic E-state index is 5.70. The van der Waals surface area contributed by atoms with Crippen molar-refractivity contribution in [2.24, 2.45) is 0 Å². The Morgan fingerprint density at radius 2 is 2.29 bits per heavy atom. The molecule has 6 heteroatoms. The number of ether oxygens (including phenoxy) is 1. The van der Waals surface area contributed by atoms with Crippen LogP contribution in [-0.4, -0.2) is 34.4 Å². The average molecular weight is 216 g/mol. The molecule has 0 saturated heterocycles. The molecule has 0 aromatic carbocycles. The number of hydrogen-bond acceptors (Lipinski definition) is 5. The molecule has 1 heterocycles. The summed E-state index contributed by atoms with van der Waals surface area (Å²) in [7, 11) is 1.64. The van der Waals surface area contributed by atoms with Crippen LogP contribution in [-0.2, 0) is 10.2 Å². The topological polar surface area (TPSA) is 76.8 Å². The van der Waals surface area contributed by atoms with Crippen LogP contribution in [0.25, 0.3) is 0 Å². The first-order chi connectivity index (χ1) is 6.52. The van der Waals surface area contributed by atoms with Gasteiger partial charge in [0, 0.05) is 12.4 Å². The van der Waals surface area contributed by atoms with Gasteiger partial charge in [0.25, 0.3) is 0 Å². The SMILES string of the molecule is COCC(C)(c1n[nH]nc1N)C(C)S. The largest absolute Gasteiger partial charge is 0.384 e. The number of anilines is 1. The second-order valence-corrected chi connectivity index (χ2v) is 4.36. The van der Waals surface area contributed by atoms with E-state index in [0.29, 0.717) is 18.1 Å². The number of nitrogens with one attached hydrogen (secondary N) is 1. The smallest absolute Gasteiger partial charge is 0.169 e. The number of methoxy groups -OCH3 is 1. The highest BCUT2D eigenvalue weighted by Crippen LogP contribution is 2.32. The lowest BCUT2D eigenvalue weighted by Gasteiger charge is -2.30. The highest BCUT2D eigenvalue weighted by molar-refractivity contribution is 7.81. The van der Waals surface area contributed by atoms with E-state index in [1.165, 1.54) is 0 Å². The third-order valence-corrected chi connectivity index (χ3v) is 3.05. The molecule has 0 aliphatic carbocycles. The van der Waals surface area contributed by atoms with Crippen molar-refractivity contribution in [2.45, 2.75) is 24.5 Å². The molecular weight excluding hydrogens is 200 g/mol. The molecule has 0 fully saturated rings. The zero-order valence-electron chi connectivity index (χ0n) is 8.61. The molecule has 0 amide bonds. The lowest BCUT2D eigenvalue weighted by molar-refractivity contribution is 0.136. The lowest BCUT2D eigenvalue weighted by atomic mass is 9.84. The maximum Gasteiger partial charge on any atom is 0.169 e. The summed E-state index contributed by atoms with van der Waals surface area (Å²) < 4.78 is 5.16. The molecule has 0 bridgehead atoms. The van der Waals surface area contributed by atoms with E-state index in [2.05, 4.69) is 28.0 Å². The van der Waals surface area contributed by atoms with Gasteiger partial charge >= 0.3 is 0 Å². The zero-order chi connectivity index (χ0) is 10.8. The van der Waals surface area contributed by atoms with Crippen molar-refractivity contribution in [1.29, 1.82) is 0 Å². The van der Waals surface area contributed by atoms with E-state index >= 15 is 0 Å². The molecule has 5 nitrogen and oxygen atoms in total. The second-order valence-electron chi connectivity index (χ2n) is 3.58. The van der Waals surface area contributed by atoms with Crippen molar-refractivity contribution >= 4 is 18.4 Å². The fourth-order valence-corrected chi connectivity index (χ4v) is 1.54. The van der Waals surface area contributed by atoms with Crippen LogP contribution in [0.2, 0.25) is 0 Å². The molecule has 0 aliphatic heterocycles. The van der Waals surface area contributed by atoms with Gasteiger partial charge in [0.15, 0.2) is 5.82 Å². The van der Waals surface area contributed by atoms with E-state index in [4.69, 9.17) is 10.5 Å². The van der Waals surface area contributed by atoms with Gasteiger partial charge in [-0.05, 0) is 0 Å². The van der Waals surface area contributed by atoms with Crippen LogP contribution in [0.5, 0.6) is 0 Å². The molecule has 14 heavy (non-hydrogen) atoms. The summed E-state index contributed by atoms with van der Waals surface area (Å²) in [6.45, 7) is 4.49. The highest BCUT2D eigenvalue weighted by atomic mass is 32.1. The van der Waals surface area contributed by atoms with Crippen molar-refractivity contribution in [1.82, 2.24) is 15.4 Å². The van der Waals surface area contributed by atoms with Gasteiger partial charge in [-0.2, -0.15) is 22.9 Å². The Morgan fingerprint density at radius 3 is 2.64 bits per heavy atom. The fraction of sp³-hybridized carbons (Fsp3) is 0.750. The number of rotatable bonds is 4. The van der Waals surface area contributed by atoms with Crippen molar-refractivity contribution in [3.63, 3.8) is 0 Å². The number of H-pyrrole nitrogens is 1. The predicted octanol–water partition coefficient (Wildman–Crippen LogP) is 0.609. The van der Waals surface area contributed by atoms with Gasteiger partial charge in [0.05, 0.1) is 12.0 Å². The lowest BCUT2D eigenvalue weighted by Crippen LogP contribution is -2.37. The van der Waals surface area contributed by atoms with Gasteiger partial charge in [-0.15, -0.1) is 5.10 Å². The zero-order valence-corrected chi connectivity index (χ0v) is 9.51. The summed E-state index contributed by atoms with van der Waals surface area (Å²) in [4.78, 5) is 0. The quantitative estimate of drug-likeness (QED) is 0.644. The van der Waals surface area contributed by atoms with Crippen molar-refractivity contribution in [3.05, 3.63) is 5.69 Å². The van der Waals surface area contributed by atoms with Gasteiger partial charge in [0.1, 0.15) is 5.69 Å². The summed E-state index contributed by atoms with van der Waals surface area (Å²) in [5, 5.41) is 10.4. The van der Waals surface area contributed by atoms with Crippen LogP contribution in [0.15, 0.2) is 0 Å². The van der Waals surface area contributed by atoms with Gasteiger partial charge < -0.3 is 10.5 Å². The van der Waals surface area contributed by atoms with Gasteiger partial charge in [-0.1, -0.05) is 13.8 Å². The number of nitrogens with two attached hydrogens (primary N) is 1. The minimum absolute atomic E-state index is 0.0786. The van der Waals surface area contributed by atoms with Crippen LogP contribution < -0.4 is 5.73 Å². The first-order valence-corrected chi connectivity index (χ1v) is 4.87. The Bertz CT molecular complexity index is 301. The number of aromatic nitrogens is 3. The molecule has 1 aromatic heterocycles. The van der Waals surface area contributed by atoms with Gasteiger partial charge in [-0.3, -0.25) is 0 Å². The molecule has 0 spiro atoms. The Labute approximate surface area is 88.8 Å². The van der Waals surface area contributed by atoms with Crippen molar-refractivity contribution in [3.8, 4) is 0 Å². The molecule has 3 N–H and O–H groups in total. The summed E-state index contributed by atoms with van der Waals surface area (Å²) in [6.07, 6.45) is 0. The normalized spacial score (nSPS) is 17.7. The summed E-state index contributed by atoms with van der Waals surface area (Å²) >= 11 is 4.43. The van der Waals surface area contributed by atoms with E-state index in [1.807, 2.05) is 13.8 Å². The van der Waals surface area contributed by atoms with E-state index in [-0.39, 0.29) is 10.7 Å². The number of thiol groups is 1. The number of nitrogens with zero attached hydrogens (tertiary/aromatic N) is 2. The second kappa shape index (κ2) is 4.18. The number of hydrogen-bond donors (Lipinski definition) is 3. The summed E-state index contributed by atoms with van der Waals surface area (Å²) in [5.41, 5.74) is 6.09. The molecule has 2 unspecified atom stereocenters. The van der Waals surface area contributed by atoms with E-state index in [1.54, 1.807) is 7.11 Å². The maximum absolute atomic E-state index is 5.70. The van der Waals surface area contributed by atoms with Crippen molar-refractivity contribution in [2.75, 3.05) is 19.5 Å². The monoisotopic (exact) mass is 216 g/mol. The standard InChI is InChI=1S/C8H16N4OS/c1-5(14)8(2,4-13-3)6-7(9)11-12-10-6/h5,14H,4H2,1-3H3,(H3,9,10,11,12). The van der Waals surface area contributed by atoms with Gasteiger partial charge in [0.2, 0.25) is 0 Å². The molecule has 0 saturated carbocycles. The Kier molecular flexibility index (Phi) is 3.38. The van der Waals surface area contributed by atoms with E-state index < -0.39 is 0 Å². The van der Waals surface area contributed by atoms with Crippen LogP contribution in [0.3, 0.4) is 0 Å². The molecule has 0 aliphatic rings. The Morgan fingerprint density at radius 1 is 1.64 bits per heavy atom. The number of nitrogen functional groups attached to an aromatic ring is 1. The highest BCUT2D eigenvalue weighted by Gasteiger charge is 2.36. The van der Waals surface area contributed by atoms with E-state index in [9.17, 15) is 0 Å². The summed E-state index contributed by atoms with van der Waals surface area (Å²) in [6, 6.07) is 0. The van der Waals surface area contributed by atoms with E-state index in [0.717, 1.165) is 0 Å². The van der Waals surface area contributed by atoms with Crippen LogP contribution >= 0.6 is 12.6 Å². The molecule has 1 aromatic rings. The Balaban J connectivity index is 3.05. The van der Waals surface area contributed by atoms with Crippen LogP contribution in [0.1, 0.15) is 19.5 Å². The fourth-order valence-electron chi connectivity index (χ4n) is 1.35. The first kappa shape index (κ1) is 11.3. The number of aromatic amines is 1. The molecule has 80 valence electrons.